The Morgan fingerprint density at radius 1 is 1.36 bits per heavy atom. The Kier molecular flexibility index (Phi) is 4.09. The average Bonchev–Trinajstić information content (AvgIpc) is 3.09. The zero-order valence-corrected chi connectivity index (χ0v) is 13.0. The van der Waals surface area contributed by atoms with Gasteiger partial charge in [0.1, 0.15) is 11.6 Å². The molecular formula is C16H21N5O. The van der Waals surface area contributed by atoms with Gasteiger partial charge >= 0.3 is 0 Å². The highest BCUT2D eigenvalue weighted by Crippen LogP contribution is 2.25. The van der Waals surface area contributed by atoms with Gasteiger partial charge in [-0.25, -0.2) is 9.97 Å². The van der Waals surface area contributed by atoms with Crippen LogP contribution in [0.2, 0.25) is 0 Å². The van der Waals surface area contributed by atoms with Gasteiger partial charge in [-0.15, -0.1) is 0 Å². The first kappa shape index (κ1) is 14.6. The summed E-state index contributed by atoms with van der Waals surface area (Å²) in [6.45, 7) is 1.51. The van der Waals surface area contributed by atoms with Crippen molar-refractivity contribution in [2.75, 3.05) is 32.1 Å². The van der Waals surface area contributed by atoms with Gasteiger partial charge in [-0.1, -0.05) is 0 Å². The van der Waals surface area contributed by atoms with Crippen LogP contribution in [-0.2, 0) is 0 Å². The molecule has 1 aliphatic rings. The smallest absolute Gasteiger partial charge is 0.255 e. The lowest BCUT2D eigenvalue weighted by Crippen LogP contribution is -2.39. The third kappa shape index (κ3) is 2.95. The zero-order chi connectivity index (χ0) is 15.5. The molecule has 0 radical (unpaired) electrons. The first-order valence-electron chi connectivity index (χ1n) is 7.57. The van der Waals surface area contributed by atoms with E-state index in [1.807, 2.05) is 42.2 Å². The predicted molar refractivity (Wildman–Crippen MR) is 85.0 cm³/mol. The largest absolute Gasteiger partial charge is 0.363 e. The molecule has 6 nitrogen and oxygen atoms in total. The minimum atomic E-state index is 0.0501. The van der Waals surface area contributed by atoms with Gasteiger partial charge < -0.3 is 14.8 Å². The van der Waals surface area contributed by atoms with Crippen molar-refractivity contribution in [3.8, 4) is 0 Å². The van der Waals surface area contributed by atoms with Crippen molar-refractivity contribution in [1.82, 2.24) is 19.9 Å². The molecule has 1 aliphatic heterocycles. The van der Waals surface area contributed by atoms with Gasteiger partial charge in [-0.3, -0.25) is 4.79 Å². The molecule has 1 fully saturated rings. The van der Waals surface area contributed by atoms with E-state index in [9.17, 15) is 4.79 Å². The topological polar surface area (TPSA) is 65.1 Å². The molecule has 3 rings (SSSR count). The Hall–Kier alpha value is -2.37. The molecule has 0 bridgehead atoms. The SMILES string of the molecule is CN(C)c1ccc(C(=O)N2CCCC(c3ncc[nH]3)C2)cn1. The normalized spacial score (nSPS) is 18.3. The molecule has 2 aromatic heterocycles. The van der Waals surface area contributed by atoms with Crippen LogP contribution in [0.15, 0.2) is 30.7 Å². The van der Waals surface area contributed by atoms with Gasteiger partial charge in [0.25, 0.3) is 5.91 Å². The maximum Gasteiger partial charge on any atom is 0.255 e. The molecule has 6 heteroatoms. The van der Waals surface area contributed by atoms with Crippen molar-refractivity contribution in [3.05, 3.63) is 42.1 Å². The molecule has 1 amide bonds. The van der Waals surface area contributed by atoms with Crippen LogP contribution >= 0.6 is 0 Å². The highest BCUT2D eigenvalue weighted by molar-refractivity contribution is 5.94. The second kappa shape index (κ2) is 6.17. The van der Waals surface area contributed by atoms with Gasteiger partial charge in [0.05, 0.1) is 5.56 Å². The number of imidazole rings is 1. The summed E-state index contributed by atoms with van der Waals surface area (Å²) < 4.78 is 0. The summed E-state index contributed by atoms with van der Waals surface area (Å²) in [6, 6.07) is 3.72. The van der Waals surface area contributed by atoms with Gasteiger partial charge in [0, 0.05) is 51.7 Å². The third-order valence-corrected chi connectivity index (χ3v) is 4.07. The third-order valence-electron chi connectivity index (χ3n) is 4.07. The molecule has 0 saturated carbocycles. The van der Waals surface area contributed by atoms with Crippen LogP contribution in [0.25, 0.3) is 0 Å². The summed E-state index contributed by atoms with van der Waals surface area (Å²) in [5.41, 5.74) is 0.644. The highest BCUT2D eigenvalue weighted by atomic mass is 16.2. The lowest BCUT2D eigenvalue weighted by molar-refractivity contribution is 0.0704. The van der Waals surface area contributed by atoms with Crippen molar-refractivity contribution in [2.24, 2.45) is 0 Å². The highest BCUT2D eigenvalue weighted by Gasteiger charge is 2.26. The maximum absolute atomic E-state index is 12.6. The molecule has 0 spiro atoms. The van der Waals surface area contributed by atoms with Crippen molar-refractivity contribution < 1.29 is 4.79 Å². The number of piperidine rings is 1. The summed E-state index contributed by atoms with van der Waals surface area (Å²) >= 11 is 0. The number of pyridine rings is 1. The number of nitrogens with one attached hydrogen (secondary N) is 1. The van der Waals surface area contributed by atoms with Crippen LogP contribution in [0.5, 0.6) is 0 Å². The number of aromatic amines is 1. The lowest BCUT2D eigenvalue weighted by Gasteiger charge is -2.32. The molecule has 22 heavy (non-hydrogen) atoms. The minimum Gasteiger partial charge on any atom is -0.363 e. The van der Waals surface area contributed by atoms with Gasteiger partial charge in [-0.05, 0) is 25.0 Å². The Labute approximate surface area is 130 Å². The Balaban J connectivity index is 1.71. The van der Waals surface area contributed by atoms with Crippen LogP contribution < -0.4 is 4.90 Å². The summed E-state index contributed by atoms with van der Waals surface area (Å²) in [5, 5.41) is 0. The van der Waals surface area contributed by atoms with E-state index in [1.54, 1.807) is 12.4 Å². The second-order valence-electron chi connectivity index (χ2n) is 5.86. The fraction of sp³-hybridized carbons (Fsp3) is 0.438. The number of amides is 1. The van der Waals surface area contributed by atoms with Crippen LogP contribution in [0.3, 0.4) is 0 Å². The quantitative estimate of drug-likeness (QED) is 0.940. The average molecular weight is 299 g/mol. The van der Waals surface area contributed by atoms with E-state index in [1.165, 1.54) is 0 Å². The Morgan fingerprint density at radius 3 is 2.86 bits per heavy atom. The van der Waals surface area contributed by atoms with E-state index in [-0.39, 0.29) is 5.91 Å². The molecule has 2 aromatic rings. The van der Waals surface area contributed by atoms with Crippen LogP contribution in [0, 0.1) is 0 Å². The molecule has 3 heterocycles. The van der Waals surface area contributed by atoms with Crippen molar-refractivity contribution in [3.63, 3.8) is 0 Å². The Morgan fingerprint density at radius 2 is 2.23 bits per heavy atom. The standard InChI is InChI=1S/C16H21N5O/c1-20(2)14-6-5-12(10-19-14)16(22)21-9-3-4-13(11-21)15-17-7-8-18-15/h5-8,10,13H,3-4,9,11H2,1-2H3,(H,17,18). The number of likely N-dealkylation sites (tertiary alicyclic amines) is 1. The zero-order valence-electron chi connectivity index (χ0n) is 13.0. The van der Waals surface area contributed by atoms with E-state index in [2.05, 4.69) is 15.0 Å². The number of hydrogen-bond acceptors (Lipinski definition) is 4. The molecule has 0 aliphatic carbocycles. The summed E-state index contributed by atoms with van der Waals surface area (Å²) in [7, 11) is 3.87. The van der Waals surface area contributed by atoms with Crippen LogP contribution in [0.1, 0.15) is 34.9 Å². The number of rotatable bonds is 3. The summed E-state index contributed by atoms with van der Waals surface area (Å²) in [5.74, 6) is 2.16. The molecule has 116 valence electrons. The molecule has 1 atom stereocenters. The lowest BCUT2D eigenvalue weighted by atomic mass is 9.97. The van der Waals surface area contributed by atoms with Crippen molar-refractivity contribution in [1.29, 1.82) is 0 Å². The van der Waals surface area contributed by atoms with E-state index in [0.717, 1.165) is 31.0 Å². The van der Waals surface area contributed by atoms with E-state index >= 15 is 0 Å². The molecule has 0 aromatic carbocycles. The molecule has 1 N–H and O–H groups in total. The predicted octanol–water partition coefficient (Wildman–Crippen LogP) is 1.89. The summed E-state index contributed by atoms with van der Waals surface area (Å²) in [4.78, 5) is 28.3. The molecular weight excluding hydrogens is 278 g/mol. The number of carbonyl (C=O) groups excluding carboxylic acids is 1. The van der Waals surface area contributed by atoms with E-state index in [4.69, 9.17) is 0 Å². The molecule has 1 unspecified atom stereocenters. The maximum atomic E-state index is 12.6. The first-order chi connectivity index (χ1) is 10.6. The molecule has 1 saturated heterocycles. The van der Waals surface area contributed by atoms with Gasteiger partial charge in [0.15, 0.2) is 0 Å². The minimum absolute atomic E-state index is 0.0501. The fourth-order valence-corrected chi connectivity index (χ4v) is 2.85. The van der Waals surface area contributed by atoms with Crippen LogP contribution in [0.4, 0.5) is 5.82 Å². The van der Waals surface area contributed by atoms with E-state index in [0.29, 0.717) is 18.0 Å². The van der Waals surface area contributed by atoms with Crippen LogP contribution in [-0.4, -0.2) is 52.9 Å². The summed E-state index contributed by atoms with van der Waals surface area (Å²) in [6.07, 6.45) is 7.32. The number of carbonyl (C=O) groups is 1. The number of hydrogen-bond donors (Lipinski definition) is 1. The monoisotopic (exact) mass is 299 g/mol. The van der Waals surface area contributed by atoms with E-state index < -0.39 is 0 Å². The fourth-order valence-electron chi connectivity index (χ4n) is 2.85. The number of anilines is 1. The number of H-pyrrole nitrogens is 1. The number of nitrogens with zero attached hydrogens (tertiary/aromatic N) is 4. The second-order valence-corrected chi connectivity index (χ2v) is 5.86. The first-order valence-corrected chi connectivity index (χ1v) is 7.57. The van der Waals surface area contributed by atoms with Crippen molar-refractivity contribution >= 4 is 11.7 Å². The van der Waals surface area contributed by atoms with Gasteiger partial charge in [-0.2, -0.15) is 0 Å². The Bertz CT molecular complexity index is 620. The number of aromatic nitrogens is 3. The van der Waals surface area contributed by atoms with Crippen molar-refractivity contribution in [2.45, 2.75) is 18.8 Å². The van der Waals surface area contributed by atoms with Gasteiger partial charge in [0.2, 0.25) is 0 Å².